The minimum absolute atomic E-state index is 0.508. The monoisotopic (exact) mass is 162 g/mol. The predicted molar refractivity (Wildman–Crippen MR) is 50.5 cm³/mol. The summed E-state index contributed by atoms with van der Waals surface area (Å²) in [6.07, 6.45) is 10.8. The summed E-state index contributed by atoms with van der Waals surface area (Å²) in [5.41, 5.74) is 6.99. The summed E-state index contributed by atoms with van der Waals surface area (Å²) < 4.78 is 0. The molecule has 1 aliphatic heterocycles. The molecule has 0 aromatic heterocycles. The van der Waals surface area contributed by atoms with E-state index in [1.165, 1.54) is 5.57 Å². The van der Waals surface area contributed by atoms with Crippen LogP contribution >= 0.6 is 0 Å². The third kappa shape index (κ3) is 0.994. The lowest BCUT2D eigenvalue weighted by Gasteiger charge is -2.27. The SMILES string of the molecule is CN1C=CC2C(CN)=CC=CC21. The van der Waals surface area contributed by atoms with Crippen molar-refractivity contribution in [2.75, 3.05) is 13.6 Å². The number of hydrogen-bond donors (Lipinski definition) is 1. The molecule has 2 rings (SSSR count). The number of fused-ring (bicyclic) bond motifs is 1. The van der Waals surface area contributed by atoms with E-state index in [0.717, 1.165) is 0 Å². The molecule has 0 saturated carbocycles. The Kier molecular flexibility index (Phi) is 1.77. The Bertz CT molecular complexity index is 263. The average molecular weight is 162 g/mol. The molecule has 2 unspecified atom stereocenters. The topological polar surface area (TPSA) is 29.3 Å². The highest BCUT2D eigenvalue weighted by molar-refractivity contribution is 5.33. The lowest BCUT2D eigenvalue weighted by atomic mass is 9.89. The van der Waals surface area contributed by atoms with E-state index >= 15 is 0 Å². The summed E-state index contributed by atoms with van der Waals surface area (Å²) in [5, 5.41) is 0. The first-order valence-corrected chi connectivity index (χ1v) is 4.30. The maximum Gasteiger partial charge on any atom is 0.0568 e. The van der Waals surface area contributed by atoms with Crippen molar-refractivity contribution in [1.29, 1.82) is 0 Å². The number of allylic oxidation sites excluding steroid dienone is 2. The highest BCUT2D eigenvalue weighted by atomic mass is 15.1. The first-order chi connectivity index (χ1) is 5.83. The molecule has 0 fully saturated rings. The molecule has 64 valence electrons. The van der Waals surface area contributed by atoms with E-state index in [9.17, 15) is 0 Å². The Hall–Kier alpha value is -1.02. The molecule has 0 radical (unpaired) electrons. The van der Waals surface area contributed by atoms with Crippen LogP contribution in [0, 0.1) is 5.92 Å². The van der Waals surface area contributed by atoms with Gasteiger partial charge in [-0.3, -0.25) is 0 Å². The van der Waals surface area contributed by atoms with Gasteiger partial charge in [-0.1, -0.05) is 24.3 Å². The Morgan fingerprint density at radius 1 is 1.50 bits per heavy atom. The number of hydrogen-bond acceptors (Lipinski definition) is 2. The van der Waals surface area contributed by atoms with Crippen LogP contribution in [0.4, 0.5) is 0 Å². The maximum atomic E-state index is 5.65. The summed E-state index contributed by atoms with van der Waals surface area (Å²) in [6, 6.07) is 0.508. The molecule has 1 aliphatic carbocycles. The second-order valence-corrected chi connectivity index (χ2v) is 3.35. The largest absolute Gasteiger partial charge is 0.373 e. The minimum Gasteiger partial charge on any atom is -0.373 e. The van der Waals surface area contributed by atoms with E-state index in [1.807, 2.05) is 0 Å². The first kappa shape index (κ1) is 7.62. The summed E-state index contributed by atoms with van der Waals surface area (Å²) in [7, 11) is 2.10. The van der Waals surface area contributed by atoms with E-state index in [2.05, 4.69) is 42.5 Å². The third-order valence-electron chi connectivity index (χ3n) is 2.65. The molecule has 0 spiro atoms. The van der Waals surface area contributed by atoms with Gasteiger partial charge in [-0.25, -0.2) is 0 Å². The number of nitrogens with zero attached hydrogens (tertiary/aromatic N) is 1. The van der Waals surface area contributed by atoms with Crippen molar-refractivity contribution in [2.45, 2.75) is 6.04 Å². The zero-order valence-electron chi connectivity index (χ0n) is 7.27. The standard InChI is InChI=1S/C10H14N2/c1-12-6-5-9-8(7-11)3-2-4-10(9)12/h2-6,9-10H,7,11H2,1H3. The van der Waals surface area contributed by atoms with Crippen LogP contribution in [0.1, 0.15) is 0 Å². The van der Waals surface area contributed by atoms with Crippen molar-refractivity contribution < 1.29 is 0 Å². The fourth-order valence-electron chi connectivity index (χ4n) is 1.90. The molecule has 0 saturated heterocycles. The minimum atomic E-state index is 0.508. The highest BCUT2D eigenvalue weighted by Crippen LogP contribution is 2.29. The molecule has 2 N–H and O–H groups in total. The van der Waals surface area contributed by atoms with E-state index in [0.29, 0.717) is 18.5 Å². The first-order valence-electron chi connectivity index (χ1n) is 4.30. The van der Waals surface area contributed by atoms with E-state index in [-0.39, 0.29) is 0 Å². The molecule has 0 aromatic rings. The van der Waals surface area contributed by atoms with Gasteiger partial charge in [0.2, 0.25) is 0 Å². The van der Waals surface area contributed by atoms with Crippen LogP contribution in [-0.4, -0.2) is 24.5 Å². The third-order valence-corrected chi connectivity index (χ3v) is 2.65. The van der Waals surface area contributed by atoms with E-state index in [4.69, 9.17) is 5.73 Å². The second-order valence-electron chi connectivity index (χ2n) is 3.35. The predicted octanol–water partition coefficient (Wildman–Crippen LogP) is 0.885. The Labute approximate surface area is 73.0 Å². The van der Waals surface area contributed by atoms with E-state index < -0.39 is 0 Å². The summed E-state index contributed by atoms with van der Waals surface area (Å²) in [5.74, 6) is 0.519. The van der Waals surface area contributed by atoms with Crippen molar-refractivity contribution in [2.24, 2.45) is 11.7 Å². The lowest BCUT2D eigenvalue weighted by molar-refractivity contribution is 0.371. The Morgan fingerprint density at radius 2 is 2.33 bits per heavy atom. The molecular weight excluding hydrogens is 148 g/mol. The van der Waals surface area contributed by atoms with E-state index in [1.54, 1.807) is 0 Å². The van der Waals surface area contributed by atoms with Crippen LogP contribution in [0.5, 0.6) is 0 Å². The normalized spacial score (nSPS) is 32.2. The molecule has 0 bridgehead atoms. The molecule has 2 nitrogen and oxygen atoms in total. The van der Waals surface area contributed by atoms with Crippen LogP contribution in [-0.2, 0) is 0 Å². The fraction of sp³-hybridized carbons (Fsp3) is 0.400. The molecule has 2 atom stereocenters. The second kappa shape index (κ2) is 2.79. The zero-order chi connectivity index (χ0) is 8.55. The Morgan fingerprint density at radius 3 is 3.08 bits per heavy atom. The molecule has 0 amide bonds. The van der Waals surface area contributed by atoms with Crippen LogP contribution < -0.4 is 5.73 Å². The molecule has 0 aromatic carbocycles. The van der Waals surface area contributed by atoms with Crippen LogP contribution in [0.25, 0.3) is 0 Å². The van der Waals surface area contributed by atoms with Gasteiger partial charge in [0, 0.05) is 19.5 Å². The van der Waals surface area contributed by atoms with Gasteiger partial charge >= 0.3 is 0 Å². The van der Waals surface area contributed by atoms with Crippen molar-refractivity contribution in [1.82, 2.24) is 4.90 Å². The average Bonchev–Trinajstić information content (AvgIpc) is 2.48. The summed E-state index contributed by atoms with van der Waals surface area (Å²) in [4.78, 5) is 2.23. The summed E-state index contributed by atoms with van der Waals surface area (Å²) in [6.45, 7) is 0.670. The molecule has 12 heavy (non-hydrogen) atoms. The van der Waals surface area contributed by atoms with Gasteiger partial charge in [0.05, 0.1) is 6.04 Å². The molecule has 2 heteroatoms. The van der Waals surface area contributed by atoms with Gasteiger partial charge < -0.3 is 10.6 Å². The zero-order valence-corrected chi connectivity index (χ0v) is 7.27. The van der Waals surface area contributed by atoms with Crippen molar-refractivity contribution in [3.05, 3.63) is 36.1 Å². The van der Waals surface area contributed by atoms with Crippen LogP contribution in [0.2, 0.25) is 0 Å². The van der Waals surface area contributed by atoms with Gasteiger partial charge in [-0.15, -0.1) is 0 Å². The van der Waals surface area contributed by atoms with Gasteiger partial charge in [0.15, 0.2) is 0 Å². The lowest BCUT2D eigenvalue weighted by Crippen LogP contribution is -2.31. The molecule has 1 heterocycles. The maximum absolute atomic E-state index is 5.65. The van der Waals surface area contributed by atoms with Crippen LogP contribution in [0.3, 0.4) is 0 Å². The van der Waals surface area contributed by atoms with Gasteiger partial charge in [-0.2, -0.15) is 0 Å². The number of likely N-dealkylation sites (N-methyl/N-ethyl adjacent to an activating group) is 1. The number of rotatable bonds is 1. The van der Waals surface area contributed by atoms with Crippen LogP contribution in [0.15, 0.2) is 36.1 Å². The molecule has 2 aliphatic rings. The van der Waals surface area contributed by atoms with Gasteiger partial charge in [0.25, 0.3) is 0 Å². The van der Waals surface area contributed by atoms with Crippen molar-refractivity contribution in [3.63, 3.8) is 0 Å². The number of nitrogens with two attached hydrogens (primary N) is 1. The molecular formula is C10H14N2. The fourth-order valence-corrected chi connectivity index (χ4v) is 1.90. The van der Waals surface area contributed by atoms with Crippen molar-refractivity contribution in [3.8, 4) is 0 Å². The quantitative estimate of drug-likeness (QED) is 0.620. The van der Waals surface area contributed by atoms with Crippen molar-refractivity contribution >= 4 is 0 Å². The smallest absolute Gasteiger partial charge is 0.0568 e. The van der Waals surface area contributed by atoms with Gasteiger partial charge in [0.1, 0.15) is 0 Å². The Balaban J connectivity index is 2.26. The highest BCUT2D eigenvalue weighted by Gasteiger charge is 2.28. The summed E-state index contributed by atoms with van der Waals surface area (Å²) >= 11 is 0. The van der Waals surface area contributed by atoms with Gasteiger partial charge in [-0.05, 0) is 11.8 Å².